The molecule has 0 atom stereocenters. The Hall–Kier alpha value is -2.67. The van der Waals surface area contributed by atoms with Crippen molar-refractivity contribution in [2.24, 2.45) is 0 Å². The molecule has 0 aliphatic heterocycles. The SMILES string of the molecule is O=C(CCCNC(=O)c1ccc(Cl)cc1)NCc1ccc(OC(F)F)cc1. The first-order chi connectivity index (χ1) is 12.9. The van der Waals surface area contributed by atoms with Gasteiger partial charge in [0.05, 0.1) is 0 Å². The van der Waals surface area contributed by atoms with Crippen molar-refractivity contribution in [1.82, 2.24) is 10.6 Å². The molecule has 5 nitrogen and oxygen atoms in total. The second-order valence-electron chi connectivity index (χ2n) is 5.67. The van der Waals surface area contributed by atoms with Crippen molar-refractivity contribution in [3.8, 4) is 5.75 Å². The van der Waals surface area contributed by atoms with Crippen LogP contribution in [0.3, 0.4) is 0 Å². The normalized spacial score (nSPS) is 10.5. The molecule has 0 aromatic heterocycles. The van der Waals surface area contributed by atoms with Crippen LogP contribution in [0.5, 0.6) is 5.75 Å². The van der Waals surface area contributed by atoms with Crippen molar-refractivity contribution < 1.29 is 23.1 Å². The van der Waals surface area contributed by atoms with E-state index in [-0.39, 0.29) is 30.5 Å². The molecular weight excluding hydrogens is 378 g/mol. The van der Waals surface area contributed by atoms with Crippen molar-refractivity contribution in [2.45, 2.75) is 26.0 Å². The van der Waals surface area contributed by atoms with Gasteiger partial charge in [-0.3, -0.25) is 9.59 Å². The van der Waals surface area contributed by atoms with Crippen LogP contribution in [0.1, 0.15) is 28.8 Å². The van der Waals surface area contributed by atoms with Crippen LogP contribution >= 0.6 is 11.6 Å². The number of rotatable bonds is 9. The number of benzene rings is 2. The molecule has 0 saturated heterocycles. The lowest BCUT2D eigenvalue weighted by molar-refractivity contribution is -0.121. The summed E-state index contributed by atoms with van der Waals surface area (Å²) in [7, 11) is 0. The number of hydrogen-bond acceptors (Lipinski definition) is 3. The highest BCUT2D eigenvalue weighted by Crippen LogP contribution is 2.14. The minimum atomic E-state index is -2.87. The highest BCUT2D eigenvalue weighted by Gasteiger charge is 2.07. The summed E-state index contributed by atoms with van der Waals surface area (Å²) >= 11 is 5.77. The van der Waals surface area contributed by atoms with Gasteiger partial charge in [0.25, 0.3) is 5.91 Å². The lowest BCUT2D eigenvalue weighted by Crippen LogP contribution is -2.27. The van der Waals surface area contributed by atoms with Crippen molar-refractivity contribution >= 4 is 23.4 Å². The fourth-order valence-corrected chi connectivity index (χ4v) is 2.36. The number of carbonyl (C=O) groups excluding carboxylic acids is 2. The number of carbonyl (C=O) groups is 2. The summed E-state index contributed by atoms with van der Waals surface area (Å²) in [5.74, 6) is -0.321. The molecule has 0 saturated carbocycles. The first-order valence-corrected chi connectivity index (χ1v) is 8.66. The predicted molar refractivity (Wildman–Crippen MR) is 97.9 cm³/mol. The number of hydrogen-bond donors (Lipinski definition) is 2. The van der Waals surface area contributed by atoms with Crippen LogP contribution in [-0.2, 0) is 11.3 Å². The maximum Gasteiger partial charge on any atom is 0.387 e. The molecule has 0 heterocycles. The molecule has 8 heteroatoms. The van der Waals surface area contributed by atoms with Gasteiger partial charge in [-0.25, -0.2) is 0 Å². The van der Waals surface area contributed by atoms with Crippen LogP contribution in [-0.4, -0.2) is 25.0 Å². The van der Waals surface area contributed by atoms with Crippen molar-refractivity contribution in [3.63, 3.8) is 0 Å². The summed E-state index contributed by atoms with van der Waals surface area (Å²) in [6.07, 6.45) is 0.750. The molecule has 2 aromatic carbocycles. The van der Waals surface area contributed by atoms with E-state index in [1.807, 2.05) is 0 Å². The average molecular weight is 397 g/mol. The number of ether oxygens (including phenoxy) is 1. The van der Waals surface area contributed by atoms with Crippen molar-refractivity contribution in [3.05, 3.63) is 64.7 Å². The Bertz CT molecular complexity index is 753. The summed E-state index contributed by atoms with van der Waals surface area (Å²) in [5.41, 5.74) is 1.27. The minimum Gasteiger partial charge on any atom is -0.435 e. The largest absolute Gasteiger partial charge is 0.435 e. The van der Waals surface area contributed by atoms with E-state index in [1.54, 1.807) is 36.4 Å². The van der Waals surface area contributed by atoms with E-state index in [9.17, 15) is 18.4 Å². The third-order valence-corrected chi connectivity index (χ3v) is 3.86. The highest BCUT2D eigenvalue weighted by atomic mass is 35.5. The van der Waals surface area contributed by atoms with E-state index >= 15 is 0 Å². The molecule has 0 spiro atoms. The van der Waals surface area contributed by atoms with E-state index in [1.165, 1.54) is 12.1 Å². The monoisotopic (exact) mass is 396 g/mol. The fraction of sp³-hybridized carbons (Fsp3) is 0.263. The zero-order valence-corrected chi connectivity index (χ0v) is 15.1. The Kier molecular flexibility index (Phi) is 8.00. The Labute approximate surface area is 160 Å². The molecule has 0 bridgehead atoms. The molecule has 27 heavy (non-hydrogen) atoms. The predicted octanol–water partition coefficient (Wildman–Crippen LogP) is 3.77. The Morgan fingerprint density at radius 1 is 1.00 bits per heavy atom. The van der Waals surface area contributed by atoms with Gasteiger partial charge in [-0.05, 0) is 48.4 Å². The van der Waals surface area contributed by atoms with E-state index in [0.29, 0.717) is 23.6 Å². The van der Waals surface area contributed by atoms with Crippen LogP contribution in [0, 0.1) is 0 Å². The first kappa shape index (κ1) is 20.6. The Balaban J connectivity index is 1.63. The average Bonchev–Trinajstić information content (AvgIpc) is 2.64. The quantitative estimate of drug-likeness (QED) is 0.634. The van der Waals surface area contributed by atoms with Gasteiger partial charge in [-0.2, -0.15) is 8.78 Å². The number of halogens is 3. The number of alkyl halides is 2. The zero-order valence-electron chi connectivity index (χ0n) is 14.4. The van der Waals surface area contributed by atoms with E-state index in [0.717, 1.165) is 5.56 Å². The van der Waals surface area contributed by atoms with Gasteiger partial charge >= 0.3 is 6.61 Å². The molecule has 144 valence electrons. The van der Waals surface area contributed by atoms with Gasteiger partial charge in [0.15, 0.2) is 0 Å². The lowest BCUT2D eigenvalue weighted by Gasteiger charge is -2.08. The van der Waals surface area contributed by atoms with Crippen LogP contribution in [0.15, 0.2) is 48.5 Å². The first-order valence-electron chi connectivity index (χ1n) is 8.28. The molecule has 0 aliphatic carbocycles. The minimum absolute atomic E-state index is 0.0662. The van der Waals surface area contributed by atoms with Crippen LogP contribution in [0.25, 0.3) is 0 Å². The summed E-state index contributed by atoms with van der Waals surface area (Å²) in [5, 5.41) is 6.02. The summed E-state index contributed by atoms with van der Waals surface area (Å²) in [6.45, 7) is -2.21. The molecule has 2 aromatic rings. The number of nitrogens with one attached hydrogen (secondary N) is 2. The maximum absolute atomic E-state index is 12.1. The number of amides is 2. The van der Waals surface area contributed by atoms with Gasteiger partial charge in [0.1, 0.15) is 5.75 Å². The molecule has 0 fully saturated rings. The molecule has 2 amide bonds. The molecule has 0 aliphatic rings. The van der Waals surface area contributed by atoms with Crippen LogP contribution in [0.2, 0.25) is 5.02 Å². The second-order valence-corrected chi connectivity index (χ2v) is 6.10. The van der Waals surface area contributed by atoms with E-state index in [2.05, 4.69) is 15.4 Å². The van der Waals surface area contributed by atoms with Gasteiger partial charge in [-0.15, -0.1) is 0 Å². The standard InChI is InChI=1S/C19H19ClF2N2O3/c20-15-7-5-14(6-8-15)18(26)23-11-1-2-17(25)24-12-13-3-9-16(10-4-13)27-19(21)22/h3-10,19H,1-2,11-12H2,(H,23,26)(H,24,25). The highest BCUT2D eigenvalue weighted by molar-refractivity contribution is 6.30. The van der Waals surface area contributed by atoms with Gasteiger partial charge in [0.2, 0.25) is 5.91 Å². The molecule has 2 rings (SSSR count). The molecule has 2 N–H and O–H groups in total. The third kappa shape index (κ3) is 7.62. The second kappa shape index (κ2) is 10.5. The van der Waals surface area contributed by atoms with Crippen molar-refractivity contribution in [2.75, 3.05) is 6.54 Å². The van der Waals surface area contributed by atoms with Crippen LogP contribution < -0.4 is 15.4 Å². The molecule has 0 unspecified atom stereocenters. The fourth-order valence-electron chi connectivity index (χ4n) is 2.23. The van der Waals surface area contributed by atoms with E-state index < -0.39 is 6.61 Å². The summed E-state index contributed by atoms with van der Waals surface area (Å²) in [4.78, 5) is 23.7. The topological polar surface area (TPSA) is 67.4 Å². The van der Waals surface area contributed by atoms with Crippen LogP contribution in [0.4, 0.5) is 8.78 Å². The molecular formula is C19H19ClF2N2O3. The Morgan fingerprint density at radius 2 is 1.67 bits per heavy atom. The van der Waals surface area contributed by atoms with Gasteiger partial charge in [-0.1, -0.05) is 23.7 Å². The summed E-state index contributed by atoms with van der Waals surface area (Å²) in [6, 6.07) is 12.6. The molecule has 0 radical (unpaired) electrons. The smallest absolute Gasteiger partial charge is 0.387 e. The zero-order chi connectivity index (χ0) is 19.6. The van der Waals surface area contributed by atoms with Gasteiger partial charge < -0.3 is 15.4 Å². The Morgan fingerprint density at radius 3 is 2.30 bits per heavy atom. The lowest BCUT2D eigenvalue weighted by atomic mass is 10.2. The van der Waals surface area contributed by atoms with Gasteiger partial charge in [0, 0.05) is 30.1 Å². The van der Waals surface area contributed by atoms with E-state index in [4.69, 9.17) is 11.6 Å². The maximum atomic E-state index is 12.1. The third-order valence-electron chi connectivity index (χ3n) is 3.61. The summed E-state index contributed by atoms with van der Waals surface area (Å²) < 4.78 is 28.4. The van der Waals surface area contributed by atoms with Crippen molar-refractivity contribution in [1.29, 1.82) is 0 Å².